The molecule has 0 saturated carbocycles. The van der Waals surface area contributed by atoms with Gasteiger partial charge in [0.2, 0.25) is 0 Å². The zero-order valence-corrected chi connectivity index (χ0v) is 25.4. The molecule has 1 rings (SSSR count). The molecule has 0 spiro atoms. The zero-order valence-electron chi connectivity index (χ0n) is 27.4. The molecule has 0 amide bonds. The highest BCUT2D eigenvalue weighted by molar-refractivity contribution is 4.92. The molecule has 1 heterocycles. The van der Waals surface area contributed by atoms with Gasteiger partial charge in [0.25, 0.3) is 0 Å². The summed E-state index contributed by atoms with van der Waals surface area (Å²) in [5.41, 5.74) is 0. The fourth-order valence-electron chi connectivity index (χ4n) is 5.07. The lowest BCUT2D eigenvalue weighted by atomic mass is 9.98. The maximum Gasteiger partial charge on any atom is 0.187 e. The van der Waals surface area contributed by atoms with Gasteiger partial charge in [0, 0.05) is 13.2 Å². The normalized spacial score (nSPS) is 25.7. The molecule has 0 aliphatic carbocycles. The minimum absolute atomic E-state index is 0.190. The second-order valence-corrected chi connectivity index (χ2v) is 11.1. The van der Waals surface area contributed by atoms with Crippen LogP contribution in [0.15, 0.2) is 12.7 Å². The van der Waals surface area contributed by atoms with Gasteiger partial charge >= 0.3 is 0 Å². The monoisotopic (exact) mass is 558 g/mol. The molecule has 1 fully saturated rings. The lowest BCUT2D eigenvalue weighted by Gasteiger charge is -2.43. The van der Waals surface area contributed by atoms with Crippen molar-refractivity contribution in [1.82, 2.24) is 0 Å². The first kappa shape index (κ1) is 33.0. The van der Waals surface area contributed by atoms with E-state index in [1.165, 1.54) is 83.5 Å². The standard InChI is InChI=1S/C33H64O6/c1-4-7-9-11-13-15-17-19-21-23-26-36-31-30(35)29(28-34)39-33(38-25-6-3)32(31)37-27-24-22-20-18-16-14-12-10-8-5-2/h6,29-35H,3-5,7-28H2,1-2H3/t29-,30-,31+,32-,33?/m1/s1/i26D,27D/t26?,27?,29-,30-,31+,32-,33?. The number of hydrogen-bond donors (Lipinski definition) is 2. The Bertz CT molecular complexity index is 598. The largest absolute Gasteiger partial charge is 0.394 e. The molecule has 0 radical (unpaired) electrons. The topological polar surface area (TPSA) is 77.4 Å². The molecule has 7 atom stereocenters. The Morgan fingerprint density at radius 1 is 0.667 bits per heavy atom. The van der Waals surface area contributed by atoms with Crippen LogP contribution < -0.4 is 0 Å². The molecule has 39 heavy (non-hydrogen) atoms. The van der Waals surface area contributed by atoms with Gasteiger partial charge in [0.1, 0.15) is 24.4 Å². The second kappa shape index (κ2) is 26.4. The van der Waals surface area contributed by atoms with Crippen molar-refractivity contribution < 1.29 is 31.9 Å². The van der Waals surface area contributed by atoms with Crippen LogP contribution in [0, 0.1) is 0 Å². The van der Waals surface area contributed by atoms with Gasteiger partial charge in [-0.25, -0.2) is 0 Å². The number of aliphatic hydroxyl groups excluding tert-OH is 2. The van der Waals surface area contributed by atoms with Crippen molar-refractivity contribution in [2.45, 2.75) is 173 Å². The van der Waals surface area contributed by atoms with Crippen LogP contribution in [0.25, 0.3) is 0 Å². The van der Waals surface area contributed by atoms with Crippen molar-refractivity contribution in [3.05, 3.63) is 12.7 Å². The van der Waals surface area contributed by atoms with Crippen molar-refractivity contribution in [3.63, 3.8) is 0 Å². The van der Waals surface area contributed by atoms with Crippen LogP contribution >= 0.6 is 0 Å². The third-order valence-electron chi connectivity index (χ3n) is 7.53. The molecule has 0 bridgehead atoms. The van der Waals surface area contributed by atoms with Crippen LogP contribution in [0.5, 0.6) is 0 Å². The summed E-state index contributed by atoms with van der Waals surface area (Å²) >= 11 is 0. The van der Waals surface area contributed by atoms with Gasteiger partial charge in [-0.15, -0.1) is 6.58 Å². The molecule has 1 aliphatic heterocycles. The SMILES string of the molecule is [2H]C(CCCCCCCCCCC)O[C@H]1[C@H](O)[C@@H](CO)OC(OCC=C)[C@@H]1OC([2H])CCCCCCCCCCC. The quantitative estimate of drug-likeness (QED) is 0.0751. The van der Waals surface area contributed by atoms with E-state index in [0.29, 0.717) is 12.8 Å². The summed E-state index contributed by atoms with van der Waals surface area (Å²) in [7, 11) is 0. The average Bonchev–Trinajstić information content (AvgIpc) is 2.96. The molecule has 1 saturated heterocycles. The molecule has 1 aliphatic rings. The maximum absolute atomic E-state index is 11.0. The number of hydrogen-bond acceptors (Lipinski definition) is 6. The first-order valence-electron chi connectivity index (χ1n) is 17.5. The van der Waals surface area contributed by atoms with E-state index in [1.807, 2.05) is 0 Å². The molecule has 0 aromatic rings. The summed E-state index contributed by atoms with van der Waals surface area (Å²) < 4.78 is 40.8. The van der Waals surface area contributed by atoms with Crippen molar-refractivity contribution in [1.29, 1.82) is 0 Å². The van der Waals surface area contributed by atoms with Crippen LogP contribution in [0.1, 0.15) is 145 Å². The summed E-state index contributed by atoms with van der Waals surface area (Å²) in [5, 5.41) is 20.8. The molecular formula is C33H64O6. The molecule has 6 nitrogen and oxygen atoms in total. The highest BCUT2D eigenvalue weighted by Crippen LogP contribution is 2.27. The van der Waals surface area contributed by atoms with Crippen molar-refractivity contribution in [3.8, 4) is 0 Å². The minimum Gasteiger partial charge on any atom is -0.394 e. The van der Waals surface area contributed by atoms with Crippen LogP contribution in [-0.2, 0) is 18.9 Å². The van der Waals surface area contributed by atoms with E-state index in [2.05, 4.69) is 20.4 Å². The predicted molar refractivity (Wildman–Crippen MR) is 161 cm³/mol. The van der Waals surface area contributed by atoms with E-state index in [-0.39, 0.29) is 6.61 Å². The summed E-state index contributed by atoms with van der Waals surface area (Å²) in [6, 6.07) is 0. The lowest BCUT2D eigenvalue weighted by Crippen LogP contribution is -2.61. The summed E-state index contributed by atoms with van der Waals surface area (Å²) in [6.45, 7) is 6.27. The summed E-state index contributed by atoms with van der Waals surface area (Å²) in [6.07, 6.45) is 19.5. The number of unbranched alkanes of at least 4 members (excludes halogenated alkanes) is 16. The smallest absolute Gasteiger partial charge is 0.187 e. The maximum atomic E-state index is 11.0. The zero-order chi connectivity index (χ0) is 30.1. The molecule has 0 aromatic carbocycles. The Labute approximate surface area is 244 Å². The lowest BCUT2D eigenvalue weighted by molar-refractivity contribution is -0.314. The van der Waals surface area contributed by atoms with E-state index in [4.69, 9.17) is 21.7 Å². The molecule has 232 valence electrons. The summed E-state index contributed by atoms with van der Waals surface area (Å²) in [5.74, 6) is 0. The summed E-state index contributed by atoms with van der Waals surface area (Å²) in [4.78, 5) is 0. The highest BCUT2D eigenvalue weighted by atomic mass is 16.7. The van der Waals surface area contributed by atoms with Crippen LogP contribution in [0.3, 0.4) is 0 Å². The minimum atomic E-state index is -1.19. The van der Waals surface area contributed by atoms with Crippen molar-refractivity contribution >= 4 is 0 Å². The fourth-order valence-corrected chi connectivity index (χ4v) is 5.07. The number of rotatable bonds is 28. The first-order chi connectivity index (χ1) is 20.0. The van der Waals surface area contributed by atoms with Gasteiger partial charge in [-0.2, -0.15) is 0 Å². The third kappa shape index (κ3) is 17.8. The molecule has 0 aromatic heterocycles. The Morgan fingerprint density at radius 2 is 1.08 bits per heavy atom. The number of ether oxygens (including phenoxy) is 4. The first-order valence-corrected chi connectivity index (χ1v) is 16.3. The van der Waals surface area contributed by atoms with E-state index in [1.54, 1.807) is 6.08 Å². The molecular weight excluding hydrogens is 492 g/mol. The Hall–Kier alpha value is -0.500. The third-order valence-corrected chi connectivity index (χ3v) is 7.53. The van der Waals surface area contributed by atoms with E-state index < -0.39 is 50.5 Å². The van der Waals surface area contributed by atoms with E-state index in [0.717, 1.165) is 32.1 Å². The van der Waals surface area contributed by atoms with Crippen LogP contribution in [0.4, 0.5) is 0 Å². The Balaban J connectivity index is 2.57. The van der Waals surface area contributed by atoms with Gasteiger partial charge in [-0.1, -0.05) is 135 Å². The van der Waals surface area contributed by atoms with Gasteiger partial charge in [0.15, 0.2) is 6.29 Å². The van der Waals surface area contributed by atoms with Gasteiger partial charge < -0.3 is 29.2 Å². The van der Waals surface area contributed by atoms with E-state index >= 15 is 0 Å². The Morgan fingerprint density at radius 3 is 1.49 bits per heavy atom. The second-order valence-electron chi connectivity index (χ2n) is 11.1. The highest BCUT2D eigenvalue weighted by Gasteiger charge is 2.47. The van der Waals surface area contributed by atoms with Crippen LogP contribution in [-0.4, -0.2) is 67.3 Å². The van der Waals surface area contributed by atoms with Crippen LogP contribution in [0.2, 0.25) is 0 Å². The van der Waals surface area contributed by atoms with E-state index in [9.17, 15) is 10.2 Å². The molecule has 2 N–H and O–H groups in total. The molecule has 6 heteroatoms. The fraction of sp³-hybridized carbons (Fsp3) is 0.939. The number of aliphatic hydroxyl groups is 2. The van der Waals surface area contributed by atoms with Gasteiger partial charge in [-0.3, -0.25) is 0 Å². The molecule has 3 unspecified atom stereocenters. The van der Waals surface area contributed by atoms with Crippen molar-refractivity contribution in [2.24, 2.45) is 0 Å². The Kier molecular flexibility index (Phi) is 22.3. The van der Waals surface area contributed by atoms with Gasteiger partial charge in [-0.05, 0) is 12.8 Å². The van der Waals surface area contributed by atoms with Crippen molar-refractivity contribution in [2.75, 3.05) is 26.4 Å². The average molecular weight is 559 g/mol. The van der Waals surface area contributed by atoms with Gasteiger partial charge in [0.05, 0.1) is 16.0 Å². The predicted octanol–water partition coefficient (Wildman–Crippen LogP) is 7.88.